The largest absolute Gasteiger partial charge is 0.490 e. The zero-order valence-electron chi connectivity index (χ0n) is 27.9. The molecule has 0 aliphatic carbocycles. The van der Waals surface area contributed by atoms with Gasteiger partial charge in [-0.25, -0.2) is 4.79 Å². The minimum absolute atomic E-state index is 0.0375. The molecular weight excluding hydrogens is 586 g/mol. The predicted molar refractivity (Wildman–Crippen MR) is 178 cm³/mol. The molecule has 3 amide bonds. The number of hydrogen-bond acceptors (Lipinski definition) is 8. The number of amides is 3. The van der Waals surface area contributed by atoms with Crippen molar-refractivity contribution in [1.29, 1.82) is 0 Å². The maximum absolute atomic E-state index is 14.3. The van der Waals surface area contributed by atoms with E-state index in [1.165, 1.54) is 5.56 Å². The number of likely N-dealkylation sites (N-methyl/N-ethyl adjacent to an activating group) is 1. The summed E-state index contributed by atoms with van der Waals surface area (Å²) in [6.07, 6.45) is 2.33. The number of hydrogen-bond donors (Lipinski definition) is 3. The monoisotopic (exact) mass is 635 g/mol. The molecule has 3 N–H and O–H groups in total. The van der Waals surface area contributed by atoms with E-state index in [9.17, 15) is 14.7 Å². The van der Waals surface area contributed by atoms with Gasteiger partial charge in [0.05, 0.1) is 30.4 Å². The molecule has 11 heteroatoms. The van der Waals surface area contributed by atoms with Crippen LogP contribution in [0.15, 0.2) is 53.1 Å². The van der Waals surface area contributed by atoms with Crippen molar-refractivity contribution in [2.75, 3.05) is 44.0 Å². The van der Waals surface area contributed by atoms with Crippen molar-refractivity contribution < 1.29 is 28.7 Å². The number of aryl methyl sites for hydroxylation is 2. The van der Waals surface area contributed by atoms with E-state index in [1.807, 2.05) is 32.0 Å². The van der Waals surface area contributed by atoms with Gasteiger partial charge in [0.2, 0.25) is 0 Å². The fourth-order valence-corrected chi connectivity index (χ4v) is 5.67. The van der Waals surface area contributed by atoms with Crippen LogP contribution in [0.5, 0.6) is 5.75 Å². The van der Waals surface area contributed by atoms with Gasteiger partial charge in [-0.3, -0.25) is 9.69 Å². The number of rotatable bonds is 8. The molecule has 1 aromatic heterocycles. The fraction of sp³-hybridized carbons (Fsp3) is 0.514. The molecule has 4 rings (SSSR count). The number of aliphatic hydroxyl groups is 1. The molecule has 11 nitrogen and oxygen atoms in total. The van der Waals surface area contributed by atoms with Crippen molar-refractivity contribution in [3.8, 4) is 5.75 Å². The first-order valence-corrected chi connectivity index (χ1v) is 16.1. The second-order valence-corrected chi connectivity index (χ2v) is 12.5. The van der Waals surface area contributed by atoms with E-state index in [0.717, 1.165) is 25.8 Å². The Morgan fingerprint density at radius 1 is 1.13 bits per heavy atom. The van der Waals surface area contributed by atoms with E-state index in [4.69, 9.17) is 14.0 Å². The van der Waals surface area contributed by atoms with Gasteiger partial charge >= 0.3 is 6.03 Å². The van der Waals surface area contributed by atoms with Gasteiger partial charge in [0.1, 0.15) is 17.1 Å². The van der Waals surface area contributed by atoms with E-state index < -0.39 is 12.1 Å². The van der Waals surface area contributed by atoms with Gasteiger partial charge < -0.3 is 34.6 Å². The first-order valence-electron chi connectivity index (χ1n) is 16.1. The number of benzene rings is 2. The molecule has 0 bridgehead atoms. The molecule has 2 aromatic carbocycles. The lowest BCUT2D eigenvalue weighted by atomic mass is 10.0. The minimum atomic E-state index is -0.495. The normalized spacial score (nSPS) is 20.4. The topological polar surface area (TPSA) is 129 Å². The molecule has 0 radical (unpaired) electrons. The van der Waals surface area contributed by atoms with Gasteiger partial charge in [0, 0.05) is 37.8 Å². The summed E-state index contributed by atoms with van der Waals surface area (Å²) in [4.78, 5) is 31.2. The third kappa shape index (κ3) is 9.54. The van der Waals surface area contributed by atoms with Crippen molar-refractivity contribution >= 4 is 23.3 Å². The molecule has 4 atom stereocenters. The SMILES string of the molecule is Cc1noc(C)c1NC(=O)Nc1ccc2c(c1)C(=O)N([C@H](C)CO)C[C@@H](C)[C@@H](CN(C)Cc1ccccc1)OCCCC[C@H](C)O2. The molecule has 0 spiro atoms. The molecule has 46 heavy (non-hydrogen) atoms. The van der Waals surface area contributed by atoms with Crippen molar-refractivity contribution in [2.45, 2.75) is 78.7 Å². The Labute approximate surface area is 272 Å². The third-order valence-corrected chi connectivity index (χ3v) is 8.37. The second kappa shape index (κ2) is 16.6. The number of aromatic nitrogens is 1. The molecule has 1 aliphatic heterocycles. The van der Waals surface area contributed by atoms with Crippen LogP contribution < -0.4 is 15.4 Å². The average Bonchev–Trinajstić information content (AvgIpc) is 3.34. The quantitative estimate of drug-likeness (QED) is 0.281. The summed E-state index contributed by atoms with van der Waals surface area (Å²) in [5.41, 5.74) is 3.00. The van der Waals surface area contributed by atoms with Crippen LogP contribution in [0.25, 0.3) is 0 Å². The van der Waals surface area contributed by atoms with Crippen molar-refractivity contribution in [1.82, 2.24) is 15.0 Å². The number of nitrogens with one attached hydrogen (secondary N) is 2. The first kappa shape index (κ1) is 34.9. The highest BCUT2D eigenvalue weighted by atomic mass is 16.5. The Balaban J connectivity index is 1.60. The van der Waals surface area contributed by atoms with Gasteiger partial charge in [-0.05, 0) is 77.8 Å². The molecule has 0 unspecified atom stereocenters. The zero-order valence-corrected chi connectivity index (χ0v) is 27.9. The summed E-state index contributed by atoms with van der Waals surface area (Å²) in [6.45, 7) is 11.6. The van der Waals surface area contributed by atoms with Gasteiger partial charge in [0.25, 0.3) is 5.91 Å². The number of ether oxygens (including phenoxy) is 2. The number of anilines is 2. The van der Waals surface area contributed by atoms with E-state index in [0.29, 0.717) is 53.8 Å². The molecular formula is C35H49N5O6. The van der Waals surface area contributed by atoms with Crippen molar-refractivity contribution in [3.05, 3.63) is 71.1 Å². The number of carbonyl (C=O) groups is 2. The number of fused-ring (bicyclic) bond motifs is 1. The highest BCUT2D eigenvalue weighted by molar-refractivity contribution is 6.03. The lowest BCUT2D eigenvalue weighted by Gasteiger charge is -2.36. The van der Waals surface area contributed by atoms with Crippen molar-refractivity contribution in [3.63, 3.8) is 0 Å². The zero-order chi connectivity index (χ0) is 33.2. The molecule has 3 aromatic rings. The maximum atomic E-state index is 14.3. The van der Waals surface area contributed by atoms with Crippen molar-refractivity contribution in [2.24, 2.45) is 5.92 Å². The average molecular weight is 636 g/mol. The summed E-state index contributed by atoms with van der Waals surface area (Å²) in [6, 6.07) is 14.4. The highest BCUT2D eigenvalue weighted by Gasteiger charge is 2.30. The Morgan fingerprint density at radius 2 is 1.89 bits per heavy atom. The Bertz CT molecular complexity index is 1410. The Morgan fingerprint density at radius 3 is 2.59 bits per heavy atom. The molecule has 2 heterocycles. The van der Waals surface area contributed by atoms with E-state index in [2.05, 4.69) is 46.8 Å². The minimum Gasteiger partial charge on any atom is -0.490 e. The van der Waals surface area contributed by atoms with Crippen LogP contribution in [0.4, 0.5) is 16.2 Å². The van der Waals surface area contributed by atoms with Crippen LogP contribution in [-0.4, -0.2) is 83.6 Å². The van der Waals surface area contributed by atoms with Crippen LogP contribution >= 0.6 is 0 Å². The van der Waals surface area contributed by atoms with E-state index >= 15 is 0 Å². The van der Waals surface area contributed by atoms with E-state index in [-0.39, 0.29) is 30.6 Å². The number of urea groups is 1. The summed E-state index contributed by atoms with van der Waals surface area (Å²) in [5.74, 6) is 0.596. The Hall–Kier alpha value is -3.93. The molecule has 250 valence electrons. The standard InChI is InChI=1S/C35H49N5O6/c1-23-19-40(24(2)22-41)34(42)30-18-29(36-35(43)37-33-26(4)38-46-27(33)5)15-16-31(30)45-25(3)12-10-11-17-44-32(23)21-39(6)20-28-13-8-7-9-14-28/h7-9,13-16,18,23-25,32,41H,10-12,17,19-22H2,1-6H3,(H2,36,37,43)/t23-,24-,25+,32-/m1/s1. The van der Waals surface area contributed by atoms with Gasteiger partial charge in [-0.15, -0.1) is 0 Å². The van der Waals surface area contributed by atoms with Crippen LogP contribution in [0.2, 0.25) is 0 Å². The first-order chi connectivity index (χ1) is 22.0. The maximum Gasteiger partial charge on any atom is 0.323 e. The van der Waals surface area contributed by atoms with Crippen LogP contribution in [0.1, 0.15) is 67.4 Å². The van der Waals surface area contributed by atoms with Crippen LogP contribution in [0.3, 0.4) is 0 Å². The number of carbonyl (C=O) groups excluding carboxylic acids is 2. The molecule has 0 fully saturated rings. The summed E-state index contributed by atoms with van der Waals surface area (Å²) >= 11 is 0. The van der Waals surface area contributed by atoms with Gasteiger partial charge in [0.15, 0.2) is 5.76 Å². The molecule has 0 saturated heterocycles. The molecule has 1 aliphatic rings. The fourth-order valence-electron chi connectivity index (χ4n) is 5.67. The summed E-state index contributed by atoms with van der Waals surface area (Å²) in [5, 5.41) is 19.7. The van der Waals surface area contributed by atoms with Crippen LogP contribution in [-0.2, 0) is 11.3 Å². The number of aliphatic hydroxyl groups excluding tert-OH is 1. The van der Waals surface area contributed by atoms with Gasteiger partial charge in [-0.1, -0.05) is 42.4 Å². The summed E-state index contributed by atoms with van der Waals surface area (Å²) < 4.78 is 17.9. The lowest BCUT2D eigenvalue weighted by Crippen LogP contribution is -2.47. The summed E-state index contributed by atoms with van der Waals surface area (Å²) in [7, 11) is 2.08. The third-order valence-electron chi connectivity index (χ3n) is 8.37. The molecule has 0 saturated carbocycles. The van der Waals surface area contributed by atoms with Crippen LogP contribution in [0, 0.1) is 19.8 Å². The van der Waals surface area contributed by atoms with Gasteiger partial charge in [-0.2, -0.15) is 0 Å². The Kier molecular flexibility index (Phi) is 12.6. The lowest BCUT2D eigenvalue weighted by molar-refractivity contribution is -0.0177. The highest BCUT2D eigenvalue weighted by Crippen LogP contribution is 2.29. The second-order valence-electron chi connectivity index (χ2n) is 12.5. The predicted octanol–water partition coefficient (Wildman–Crippen LogP) is 5.86. The smallest absolute Gasteiger partial charge is 0.323 e. The van der Waals surface area contributed by atoms with E-state index in [1.54, 1.807) is 36.9 Å². The number of nitrogens with zero attached hydrogens (tertiary/aromatic N) is 3.